The number of hydrogen-bond donors (Lipinski definition) is 2. The Hall–Kier alpha value is -1.43. The SMILES string of the molecule is CCCc1nc(-c2cccc(CNO)c2)no1.Cl. The fourth-order valence-electron chi connectivity index (χ4n) is 1.60. The Kier molecular flexibility index (Phi) is 5.77. The lowest BCUT2D eigenvalue weighted by Gasteiger charge is -2.00. The molecule has 0 spiro atoms. The summed E-state index contributed by atoms with van der Waals surface area (Å²) in [5, 5.41) is 12.6. The number of hydrogen-bond acceptors (Lipinski definition) is 5. The van der Waals surface area contributed by atoms with Gasteiger partial charge < -0.3 is 9.73 Å². The number of rotatable bonds is 5. The van der Waals surface area contributed by atoms with Crippen molar-refractivity contribution in [3.05, 3.63) is 35.7 Å². The summed E-state index contributed by atoms with van der Waals surface area (Å²) in [5.41, 5.74) is 3.98. The second-order valence-corrected chi connectivity index (χ2v) is 3.80. The van der Waals surface area contributed by atoms with Gasteiger partial charge in [-0.3, -0.25) is 0 Å². The minimum absolute atomic E-state index is 0. The first kappa shape index (κ1) is 14.6. The van der Waals surface area contributed by atoms with Crippen molar-refractivity contribution in [1.82, 2.24) is 15.6 Å². The third-order valence-corrected chi connectivity index (χ3v) is 2.40. The van der Waals surface area contributed by atoms with Crippen LogP contribution in [0.3, 0.4) is 0 Å². The molecule has 98 valence electrons. The molecule has 0 aliphatic carbocycles. The second kappa shape index (κ2) is 7.10. The van der Waals surface area contributed by atoms with Gasteiger partial charge in [-0.1, -0.05) is 30.3 Å². The Balaban J connectivity index is 0.00000162. The van der Waals surface area contributed by atoms with Crippen molar-refractivity contribution < 1.29 is 9.73 Å². The van der Waals surface area contributed by atoms with E-state index in [1.54, 1.807) is 0 Å². The summed E-state index contributed by atoms with van der Waals surface area (Å²) in [6, 6.07) is 7.66. The number of halogens is 1. The zero-order valence-corrected chi connectivity index (χ0v) is 10.9. The van der Waals surface area contributed by atoms with Crippen LogP contribution in [0.15, 0.2) is 28.8 Å². The molecule has 0 bridgehead atoms. The van der Waals surface area contributed by atoms with Gasteiger partial charge in [0, 0.05) is 18.5 Å². The van der Waals surface area contributed by atoms with Gasteiger partial charge in [0.1, 0.15) is 0 Å². The molecule has 0 fully saturated rings. The third-order valence-electron chi connectivity index (χ3n) is 2.40. The summed E-state index contributed by atoms with van der Waals surface area (Å²) < 4.78 is 5.13. The quantitative estimate of drug-likeness (QED) is 0.817. The average molecular weight is 270 g/mol. The highest BCUT2D eigenvalue weighted by atomic mass is 35.5. The van der Waals surface area contributed by atoms with Crippen LogP contribution in [0, 0.1) is 0 Å². The zero-order valence-electron chi connectivity index (χ0n) is 10.1. The Morgan fingerprint density at radius 2 is 2.22 bits per heavy atom. The predicted molar refractivity (Wildman–Crippen MR) is 69.6 cm³/mol. The number of nitrogens with one attached hydrogen (secondary N) is 1. The Morgan fingerprint density at radius 3 is 2.94 bits per heavy atom. The number of nitrogens with zero attached hydrogens (tertiary/aromatic N) is 2. The lowest BCUT2D eigenvalue weighted by Crippen LogP contribution is -2.05. The molecule has 2 N–H and O–H groups in total. The first-order valence-electron chi connectivity index (χ1n) is 5.62. The first-order valence-corrected chi connectivity index (χ1v) is 5.62. The maximum absolute atomic E-state index is 8.66. The van der Waals surface area contributed by atoms with E-state index in [2.05, 4.69) is 22.5 Å². The highest BCUT2D eigenvalue weighted by Crippen LogP contribution is 2.17. The topological polar surface area (TPSA) is 71.2 Å². The molecule has 2 aromatic rings. The van der Waals surface area contributed by atoms with Crippen molar-refractivity contribution in [2.75, 3.05) is 0 Å². The van der Waals surface area contributed by atoms with Crippen LogP contribution in [0.5, 0.6) is 0 Å². The maximum Gasteiger partial charge on any atom is 0.226 e. The first-order chi connectivity index (χ1) is 8.33. The van der Waals surface area contributed by atoms with E-state index < -0.39 is 0 Å². The molecule has 0 atom stereocenters. The van der Waals surface area contributed by atoms with Crippen LogP contribution in [0.1, 0.15) is 24.8 Å². The lowest BCUT2D eigenvalue weighted by molar-refractivity contribution is 0.161. The zero-order chi connectivity index (χ0) is 12.1. The van der Waals surface area contributed by atoms with E-state index in [-0.39, 0.29) is 12.4 Å². The molecule has 0 amide bonds. The largest absolute Gasteiger partial charge is 0.339 e. The van der Waals surface area contributed by atoms with Crippen LogP contribution in [-0.2, 0) is 13.0 Å². The molecular weight excluding hydrogens is 254 g/mol. The van der Waals surface area contributed by atoms with E-state index in [0.29, 0.717) is 18.3 Å². The molecule has 1 aromatic heterocycles. The average Bonchev–Trinajstić information content (AvgIpc) is 2.79. The molecule has 18 heavy (non-hydrogen) atoms. The van der Waals surface area contributed by atoms with Crippen LogP contribution in [0.25, 0.3) is 11.4 Å². The molecule has 2 rings (SSSR count). The number of benzene rings is 1. The van der Waals surface area contributed by atoms with Crippen LogP contribution in [0.2, 0.25) is 0 Å². The van der Waals surface area contributed by atoms with E-state index in [9.17, 15) is 0 Å². The van der Waals surface area contributed by atoms with Gasteiger partial charge in [-0.15, -0.1) is 12.4 Å². The van der Waals surface area contributed by atoms with Crippen LogP contribution < -0.4 is 5.48 Å². The molecule has 0 aliphatic heterocycles. The minimum atomic E-state index is 0. The van der Waals surface area contributed by atoms with Crippen LogP contribution >= 0.6 is 12.4 Å². The number of aryl methyl sites for hydroxylation is 1. The molecule has 0 saturated heterocycles. The van der Waals surface area contributed by atoms with Crippen molar-refractivity contribution in [3.63, 3.8) is 0 Å². The predicted octanol–water partition coefficient (Wildman–Crippen LogP) is 2.59. The molecule has 0 saturated carbocycles. The monoisotopic (exact) mass is 269 g/mol. The Bertz CT molecular complexity index is 488. The van der Waals surface area contributed by atoms with Gasteiger partial charge in [0.2, 0.25) is 11.7 Å². The summed E-state index contributed by atoms with van der Waals surface area (Å²) >= 11 is 0. The summed E-state index contributed by atoms with van der Waals surface area (Å²) in [5.74, 6) is 1.25. The summed E-state index contributed by atoms with van der Waals surface area (Å²) in [6.07, 6.45) is 1.78. The molecule has 0 unspecified atom stereocenters. The van der Waals surface area contributed by atoms with Gasteiger partial charge >= 0.3 is 0 Å². The Labute approximate surface area is 112 Å². The standard InChI is InChI=1S/C12H15N3O2.ClH/c1-2-4-11-14-12(15-17-11)10-6-3-5-9(7-10)8-13-16;/h3,5-7,13,16H,2,4,8H2,1H3;1H. The summed E-state index contributed by atoms with van der Waals surface area (Å²) in [4.78, 5) is 4.31. The lowest BCUT2D eigenvalue weighted by atomic mass is 10.1. The van der Waals surface area contributed by atoms with Crippen molar-refractivity contribution in [2.45, 2.75) is 26.3 Å². The maximum atomic E-state index is 8.66. The normalized spacial score (nSPS) is 10.1. The fourth-order valence-corrected chi connectivity index (χ4v) is 1.60. The molecule has 0 radical (unpaired) electrons. The van der Waals surface area contributed by atoms with Crippen LogP contribution in [0.4, 0.5) is 0 Å². The fraction of sp³-hybridized carbons (Fsp3) is 0.333. The highest BCUT2D eigenvalue weighted by Gasteiger charge is 2.08. The van der Waals surface area contributed by atoms with Crippen LogP contribution in [-0.4, -0.2) is 15.3 Å². The van der Waals surface area contributed by atoms with E-state index >= 15 is 0 Å². The van der Waals surface area contributed by atoms with Gasteiger partial charge in [0.15, 0.2) is 0 Å². The minimum Gasteiger partial charge on any atom is -0.339 e. The molecule has 5 nitrogen and oxygen atoms in total. The Morgan fingerprint density at radius 1 is 1.39 bits per heavy atom. The molecule has 1 heterocycles. The van der Waals surface area contributed by atoms with E-state index in [4.69, 9.17) is 9.73 Å². The number of aromatic nitrogens is 2. The van der Waals surface area contributed by atoms with Crippen molar-refractivity contribution in [3.8, 4) is 11.4 Å². The van der Waals surface area contributed by atoms with Gasteiger partial charge in [-0.05, 0) is 18.1 Å². The highest BCUT2D eigenvalue weighted by molar-refractivity contribution is 5.85. The van der Waals surface area contributed by atoms with E-state index in [0.717, 1.165) is 24.0 Å². The van der Waals surface area contributed by atoms with Crippen molar-refractivity contribution in [2.24, 2.45) is 0 Å². The van der Waals surface area contributed by atoms with E-state index in [1.807, 2.05) is 24.3 Å². The van der Waals surface area contributed by atoms with Gasteiger partial charge in [0.05, 0.1) is 0 Å². The van der Waals surface area contributed by atoms with Gasteiger partial charge in [-0.2, -0.15) is 4.98 Å². The third kappa shape index (κ3) is 3.53. The summed E-state index contributed by atoms with van der Waals surface area (Å²) in [7, 11) is 0. The molecule has 1 aromatic carbocycles. The van der Waals surface area contributed by atoms with E-state index in [1.165, 1.54) is 0 Å². The van der Waals surface area contributed by atoms with Gasteiger partial charge in [-0.25, -0.2) is 5.48 Å². The molecular formula is C12H16ClN3O2. The second-order valence-electron chi connectivity index (χ2n) is 3.80. The molecule has 0 aliphatic rings. The summed E-state index contributed by atoms with van der Waals surface area (Å²) in [6.45, 7) is 2.46. The number of hydroxylamine groups is 1. The molecule has 6 heteroatoms. The van der Waals surface area contributed by atoms with Gasteiger partial charge in [0.25, 0.3) is 0 Å². The van der Waals surface area contributed by atoms with Crippen molar-refractivity contribution >= 4 is 12.4 Å². The van der Waals surface area contributed by atoms with Crippen molar-refractivity contribution in [1.29, 1.82) is 0 Å². The smallest absolute Gasteiger partial charge is 0.226 e.